The van der Waals surface area contributed by atoms with E-state index >= 15 is 0 Å². The Hall–Kier alpha value is -3.61. The number of nitrogens with zero attached hydrogens (tertiary/aromatic N) is 3. The molecule has 1 fully saturated rings. The first-order chi connectivity index (χ1) is 15.0. The topological polar surface area (TPSA) is 71.8 Å². The van der Waals surface area contributed by atoms with Crippen molar-refractivity contribution in [1.29, 1.82) is 0 Å². The van der Waals surface area contributed by atoms with E-state index < -0.39 is 11.5 Å². The van der Waals surface area contributed by atoms with Crippen LogP contribution in [0.3, 0.4) is 0 Å². The van der Waals surface area contributed by atoms with Crippen LogP contribution in [0.5, 0.6) is 0 Å². The number of hydrogen-bond donors (Lipinski definition) is 0. The lowest BCUT2D eigenvalue weighted by Gasteiger charge is -2.37. The fourth-order valence-corrected chi connectivity index (χ4v) is 4.12. The van der Waals surface area contributed by atoms with E-state index in [0.717, 1.165) is 10.9 Å². The van der Waals surface area contributed by atoms with Gasteiger partial charge in [-0.05, 0) is 25.1 Å². The second-order valence-electron chi connectivity index (χ2n) is 7.43. The first-order valence-corrected chi connectivity index (χ1v) is 10.4. The number of para-hydroxylation sites is 2. The minimum Gasteiger partial charge on any atom is -0.462 e. The molecular formula is C24H25N3O4. The summed E-state index contributed by atoms with van der Waals surface area (Å²) in [6.07, 6.45) is 0. The zero-order valence-corrected chi connectivity index (χ0v) is 17.7. The van der Waals surface area contributed by atoms with Gasteiger partial charge in [0.05, 0.1) is 17.8 Å². The van der Waals surface area contributed by atoms with Gasteiger partial charge in [-0.25, -0.2) is 4.79 Å². The highest BCUT2D eigenvalue weighted by Crippen LogP contribution is 2.31. The van der Waals surface area contributed by atoms with E-state index in [0.29, 0.717) is 37.6 Å². The van der Waals surface area contributed by atoms with Crippen LogP contribution in [0.2, 0.25) is 0 Å². The minimum absolute atomic E-state index is 0.0228. The molecule has 7 heteroatoms. The number of esters is 1. The molecule has 0 spiro atoms. The number of rotatable bonds is 4. The van der Waals surface area contributed by atoms with Crippen LogP contribution in [0.25, 0.3) is 16.6 Å². The van der Waals surface area contributed by atoms with Crippen molar-refractivity contribution in [3.05, 3.63) is 70.5 Å². The summed E-state index contributed by atoms with van der Waals surface area (Å²) in [5.74, 6) is -0.610. The molecule has 1 saturated heterocycles. The molecule has 0 radical (unpaired) electrons. The number of aromatic nitrogens is 1. The van der Waals surface area contributed by atoms with Gasteiger partial charge in [0.2, 0.25) is 5.91 Å². The number of ether oxygens (including phenoxy) is 1. The highest BCUT2D eigenvalue weighted by Gasteiger charge is 2.29. The highest BCUT2D eigenvalue weighted by molar-refractivity contribution is 6.06. The second kappa shape index (κ2) is 8.63. The third-order valence-corrected chi connectivity index (χ3v) is 5.59. The third kappa shape index (κ3) is 3.79. The van der Waals surface area contributed by atoms with E-state index in [2.05, 4.69) is 0 Å². The molecule has 0 saturated carbocycles. The van der Waals surface area contributed by atoms with Crippen molar-refractivity contribution in [3.8, 4) is 5.69 Å². The van der Waals surface area contributed by atoms with Gasteiger partial charge in [-0.3, -0.25) is 14.2 Å². The van der Waals surface area contributed by atoms with Crippen molar-refractivity contribution in [3.63, 3.8) is 0 Å². The lowest BCUT2D eigenvalue weighted by molar-refractivity contribution is -0.129. The molecule has 31 heavy (non-hydrogen) atoms. The van der Waals surface area contributed by atoms with E-state index in [1.54, 1.807) is 23.3 Å². The molecule has 7 nitrogen and oxygen atoms in total. The van der Waals surface area contributed by atoms with Crippen LogP contribution in [-0.2, 0) is 9.53 Å². The fourth-order valence-electron chi connectivity index (χ4n) is 4.12. The lowest BCUT2D eigenvalue weighted by Crippen LogP contribution is -2.49. The van der Waals surface area contributed by atoms with Gasteiger partial charge in [-0.2, -0.15) is 0 Å². The van der Waals surface area contributed by atoms with Crippen LogP contribution >= 0.6 is 0 Å². The van der Waals surface area contributed by atoms with Crippen LogP contribution in [0.4, 0.5) is 5.69 Å². The number of amides is 1. The number of fused-ring (bicyclic) bond motifs is 1. The summed E-state index contributed by atoms with van der Waals surface area (Å²) in [6.45, 7) is 5.58. The molecule has 2 heterocycles. The van der Waals surface area contributed by atoms with Crippen molar-refractivity contribution in [2.75, 3.05) is 37.7 Å². The number of carbonyl (C=O) groups is 2. The maximum atomic E-state index is 13.7. The Labute approximate surface area is 180 Å². The van der Waals surface area contributed by atoms with Gasteiger partial charge in [0.15, 0.2) is 0 Å². The maximum Gasteiger partial charge on any atom is 0.345 e. The molecule has 2 aromatic carbocycles. The van der Waals surface area contributed by atoms with Crippen molar-refractivity contribution in [1.82, 2.24) is 9.47 Å². The number of benzene rings is 2. The van der Waals surface area contributed by atoms with Gasteiger partial charge < -0.3 is 14.5 Å². The minimum atomic E-state index is -0.632. The van der Waals surface area contributed by atoms with Crippen molar-refractivity contribution in [2.24, 2.45) is 0 Å². The van der Waals surface area contributed by atoms with Crippen LogP contribution in [0.15, 0.2) is 59.4 Å². The molecule has 4 rings (SSSR count). The van der Waals surface area contributed by atoms with Crippen molar-refractivity contribution in [2.45, 2.75) is 13.8 Å². The van der Waals surface area contributed by atoms with Gasteiger partial charge in [0.1, 0.15) is 5.56 Å². The second-order valence-corrected chi connectivity index (χ2v) is 7.43. The van der Waals surface area contributed by atoms with E-state index in [1.807, 2.05) is 59.5 Å². The molecule has 0 aliphatic carbocycles. The number of hydrogen-bond acceptors (Lipinski definition) is 5. The summed E-state index contributed by atoms with van der Waals surface area (Å²) in [4.78, 5) is 42.2. The first kappa shape index (κ1) is 20.7. The standard InChI is InChI=1S/C24H25N3O4/c1-3-31-24(30)21-22(26-15-13-25(14-16-26)17(2)28)19-11-7-8-12-20(19)27(23(21)29)18-9-5-4-6-10-18/h4-12H,3,13-16H2,1-2H3. The molecular weight excluding hydrogens is 394 g/mol. The number of piperazine rings is 1. The molecule has 1 aliphatic rings. The largest absolute Gasteiger partial charge is 0.462 e. The zero-order valence-electron chi connectivity index (χ0n) is 17.7. The predicted molar refractivity (Wildman–Crippen MR) is 120 cm³/mol. The molecule has 1 aliphatic heterocycles. The molecule has 0 N–H and O–H groups in total. The van der Waals surface area contributed by atoms with E-state index in [4.69, 9.17) is 4.74 Å². The SMILES string of the molecule is CCOC(=O)c1c(N2CCN(C(C)=O)CC2)c2ccccc2n(-c2ccccc2)c1=O. The lowest BCUT2D eigenvalue weighted by atomic mass is 10.1. The van der Waals surface area contributed by atoms with Crippen LogP contribution in [0.1, 0.15) is 24.2 Å². The van der Waals surface area contributed by atoms with Gasteiger partial charge >= 0.3 is 5.97 Å². The van der Waals surface area contributed by atoms with Gasteiger partial charge in [-0.15, -0.1) is 0 Å². The normalized spacial score (nSPS) is 14.0. The van der Waals surface area contributed by atoms with Gasteiger partial charge in [0.25, 0.3) is 5.56 Å². The summed E-state index contributed by atoms with van der Waals surface area (Å²) >= 11 is 0. The molecule has 0 unspecified atom stereocenters. The summed E-state index contributed by atoms with van der Waals surface area (Å²) < 4.78 is 6.86. The monoisotopic (exact) mass is 419 g/mol. The van der Waals surface area contributed by atoms with Crippen molar-refractivity contribution < 1.29 is 14.3 Å². The number of pyridine rings is 1. The first-order valence-electron chi connectivity index (χ1n) is 10.4. The average molecular weight is 419 g/mol. The summed E-state index contributed by atoms with van der Waals surface area (Å²) in [5.41, 5.74) is 1.60. The maximum absolute atomic E-state index is 13.7. The molecule has 3 aromatic rings. The van der Waals surface area contributed by atoms with Crippen LogP contribution in [0, 0.1) is 0 Å². The average Bonchev–Trinajstić information content (AvgIpc) is 2.79. The number of carbonyl (C=O) groups excluding carboxylic acids is 2. The Morgan fingerprint density at radius 2 is 1.58 bits per heavy atom. The van der Waals surface area contributed by atoms with Crippen molar-refractivity contribution >= 4 is 28.5 Å². The van der Waals surface area contributed by atoms with Crippen LogP contribution in [-0.4, -0.2) is 54.1 Å². The fraction of sp³-hybridized carbons (Fsp3) is 0.292. The summed E-state index contributed by atoms with van der Waals surface area (Å²) in [6, 6.07) is 16.9. The van der Waals surface area contributed by atoms with Gasteiger partial charge in [0, 0.05) is 44.2 Å². The van der Waals surface area contributed by atoms with E-state index in [-0.39, 0.29) is 18.1 Å². The Morgan fingerprint density at radius 1 is 0.935 bits per heavy atom. The molecule has 0 atom stereocenters. The predicted octanol–water partition coefficient (Wildman–Crippen LogP) is 2.84. The third-order valence-electron chi connectivity index (χ3n) is 5.59. The molecule has 0 bridgehead atoms. The number of anilines is 1. The quantitative estimate of drug-likeness (QED) is 0.608. The summed E-state index contributed by atoms with van der Waals surface area (Å²) in [7, 11) is 0. The Balaban J connectivity index is 1.97. The summed E-state index contributed by atoms with van der Waals surface area (Å²) in [5, 5.41) is 0.797. The van der Waals surface area contributed by atoms with Crippen LogP contribution < -0.4 is 10.5 Å². The Bertz CT molecular complexity index is 1180. The molecule has 1 aromatic heterocycles. The Kier molecular flexibility index (Phi) is 5.75. The van der Waals surface area contributed by atoms with E-state index in [9.17, 15) is 14.4 Å². The van der Waals surface area contributed by atoms with Gasteiger partial charge in [-0.1, -0.05) is 36.4 Å². The highest BCUT2D eigenvalue weighted by atomic mass is 16.5. The van der Waals surface area contributed by atoms with E-state index in [1.165, 1.54) is 0 Å². The smallest absolute Gasteiger partial charge is 0.345 e. The zero-order chi connectivity index (χ0) is 22.0. The molecule has 160 valence electrons. The Morgan fingerprint density at radius 3 is 2.23 bits per heavy atom. The molecule has 1 amide bonds.